The minimum Gasteiger partial charge on any atom is -0.397 e. The van der Waals surface area contributed by atoms with Crippen molar-refractivity contribution in [3.05, 3.63) is 44.6 Å². The van der Waals surface area contributed by atoms with Crippen LogP contribution in [0.1, 0.15) is 61.5 Å². The maximum Gasteiger partial charge on any atom is 0.322 e. The van der Waals surface area contributed by atoms with Gasteiger partial charge in [0, 0.05) is 43.5 Å². The highest BCUT2D eigenvalue weighted by molar-refractivity contribution is 7.10. The largest absolute Gasteiger partial charge is 0.397 e. The van der Waals surface area contributed by atoms with Crippen LogP contribution in [0.25, 0.3) is 0 Å². The third kappa shape index (κ3) is 7.26. The number of fused-ring (bicyclic) bond motifs is 1. The number of piperidine rings is 3. The van der Waals surface area contributed by atoms with Gasteiger partial charge in [-0.05, 0) is 106 Å². The molecule has 3 saturated heterocycles. The number of likely N-dealkylation sites (tertiary alicyclic amines) is 3. The average molecular weight is 670 g/mol. The first-order valence-electron chi connectivity index (χ1n) is 16.9. The molecular formula is C34H48ClN7O3S. The summed E-state index contributed by atoms with van der Waals surface area (Å²) in [6, 6.07) is 4.81. The van der Waals surface area contributed by atoms with Gasteiger partial charge in [-0.3, -0.25) is 4.79 Å². The van der Waals surface area contributed by atoms with E-state index in [0.717, 1.165) is 73.1 Å². The molecule has 4 aliphatic heterocycles. The minimum atomic E-state index is -0.709. The molecule has 0 saturated carbocycles. The van der Waals surface area contributed by atoms with Gasteiger partial charge in [0.1, 0.15) is 6.04 Å². The molecule has 2 aromatic rings. The summed E-state index contributed by atoms with van der Waals surface area (Å²) in [7, 11) is 2.19. The number of halogens is 1. The van der Waals surface area contributed by atoms with Crippen molar-refractivity contribution in [2.75, 3.05) is 57.4 Å². The van der Waals surface area contributed by atoms with Crippen LogP contribution in [0.3, 0.4) is 0 Å². The first-order chi connectivity index (χ1) is 22.2. The van der Waals surface area contributed by atoms with Crippen LogP contribution in [0.2, 0.25) is 5.02 Å². The van der Waals surface area contributed by atoms with Crippen LogP contribution in [0.15, 0.2) is 23.6 Å². The smallest absolute Gasteiger partial charge is 0.322 e. The molecule has 12 heteroatoms. The maximum atomic E-state index is 14.1. The van der Waals surface area contributed by atoms with Crippen molar-refractivity contribution in [3.8, 4) is 0 Å². The Balaban J connectivity index is 1.10. The predicted molar refractivity (Wildman–Crippen MR) is 184 cm³/mol. The molecule has 6 rings (SSSR count). The topological polar surface area (TPSA) is 114 Å². The van der Waals surface area contributed by atoms with E-state index in [1.807, 2.05) is 40.3 Å². The van der Waals surface area contributed by atoms with Gasteiger partial charge >= 0.3 is 12.1 Å². The van der Waals surface area contributed by atoms with E-state index >= 15 is 0 Å². The number of anilines is 2. The van der Waals surface area contributed by atoms with E-state index in [2.05, 4.69) is 22.6 Å². The lowest BCUT2D eigenvalue weighted by Crippen LogP contribution is -2.57. The molecule has 4 N–H and O–H groups in total. The first-order valence-corrected chi connectivity index (χ1v) is 18.2. The zero-order chi connectivity index (χ0) is 32.4. The van der Waals surface area contributed by atoms with Gasteiger partial charge in [-0.2, -0.15) is 0 Å². The molecule has 0 spiro atoms. The summed E-state index contributed by atoms with van der Waals surface area (Å²) in [6.07, 6.45) is 6.96. The number of benzene rings is 1. The fraction of sp³-hybridized carbons (Fsp3) is 0.618. The Labute approximate surface area is 281 Å². The van der Waals surface area contributed by atoms with Crippen LogP contribution in [0.4, 0.5) is 21.0 Å². The Morgan fingerprint density at radius 1 is 1.02 bits per heavy atom. The van der Waals surface area contributed by atoms with Crippen molar-refractivity contribution in [1.82, 2.24) is 24.9 Å². The number of hydrogen-bond acceptors (Lipinski definition) is 6. The molecule has 10 nitrogen and oxygen atoms in total. The van der Waals surface area contributed by atoms with Gasteiger partial charge in [-0.1, -0.05) is 24.6 Å². The van der Waals surface area contributed by atoms with Crippen molar-refractivity contribution in [3.63, 3.8) is 0 Å². The SMILES string of the molecule is CCc1cc(C[C@@H](NC(=O)N2CCC(N3Cc4sccc4NC3=O)CC2)C(=O)N2CCC(C3CCN(C)CC3)CC2)cc(Cl)c1N. The van der Waals surface area contributed by atoms with Crippen LogP contribution < -0.4 is 16.4 Å². The Morgan fingerprint density at radius 2 is 1.67 bits per heavy atom. The molecule has 5 amide bonds. The van der Waals surface area contributed by atoms with Gasteiger partial charge in [0.2, 0.25) is 5.91 Å². The van der Waals surface area contributed by atoms with Crippen molar-refractivity contribution in [2.24, 2.45) is 11.8 Å². The van der Waals surface area contributed by atoms with Crippen LogP contribution in [-0.4, -0.2) is 96.0 Å². The van der Waals surface area contributed by atoms with Crippen molar-refractivity contribution in [1.29, 1.82) is 0 Å². The van der Waals surface area contributed by atoms with E-state index in [-0.39, 0.29) is 24.0 Å². The molecule has 1 aromatic carbocycles. The normalized spacial score (nSPS) is 21.2. The molecule has 0 bridgehead atoms. The molecular weight excluding hydrogens is 622 g/mol. The highest BCUT2D eigenvalue weighted by Crippen LogP contribution is 2.34. The fourth-order valence-corrected chi connectivity index (χ4v) is 8.89. The van der Waals surface area contributed by atoms with E-state index in [9.17, 15) is 14.4 Å². The van der Waals surface area contributed by atoms with Crippen LogP contribution in [0.5, 0.6) is 0 Å². The molecule has 5 heterocycles. The summed E-state index contributed by atoms with van der Waals surface area (Å²) in [5.41, 5.74) is 9.50. The quantitative estimate of drug-likeness (QED) is 0.348. The number of thiophene rings is 1. The number of nitrogens with two attached hydrogens (primary N) is 1. The van der Waals surface area contributed by atoms with Crippen LogP contribution in [0, 0.1) is 11.8 Å². The molecule has 46 heavy (non-hydrogen) atoms. The van der Waals surface area contributed by atoms with Gasteiger partial charge < -0.3 is 36.0 Å². The number of nitrogens with zero attached hydrogens (tertiary/aromatic N) is 4. The summed E-state index contributed by atoms with van der Waals surface area (Å²) >= 11 is 8.14. The minimum absolute atomic E-state index is 0.0344. The second-order valence-corrected chi connectivity index (χ2v) is 15.0. The molecule has 0 radical (unpaired) electrons. The first kappa shape index (κ1) is 32.9. The van der Waals surface area contributed by atoms with E-state index in [0.29, 0.717) is 55.5 Å². The van der Waals surface area contributed by atoms with Gasteiger partial charge in [0.05, 0.1) is 22.9 Å². The lowest BCUT2D eigenvalue weighted by Gasteiger charge is -2.41. The lowest BCUT2D eigenvalue weighted by atomic mass is 9.79. The zero-order valence-corrected chi connectivity index (χ0v) is 28.7. The predicted octanol–water partition coefficient (Wildman–Crippen LogP) is 5.26. The van der Waals surface area contributed by atoms with E-state index in [1.54, 1.807) is 16.2 Å². The van der Waals surface area contributed by atoms with Gasteiger partial charge in [-0.25, -0.2) is 9.59 Å². The third-order valence-electron chi connectivity index (χ3n) is 10.7. The van der Waals surface area contributed by atoms with E-state index < -0.39 is 6.04 Å². The van der Waals surface area contributed by atoms with Gasteiger partial charge in [-0.15, -0.1) is 11.3 Å². The summed E-state index contributed by atoms with van der Waals surface area (Å²) in [4.78, 5) is 49.8. The van der Waals surface area contributed by atoms with E-state index in [4.69, 9.17) is 17.3 Å². The molecule has 3 fully saturated rings. The Bertz CT molecular complexity index is 1410. The number of nitrogens with one attached hydrogen (secondary N) is 2. The molecule has 1 aromatic heterocycles. The zero-order valence-electron chi connectivity index (χ0n) is 27.1. The monoisotopic (exact) mass is 669 g/mol. The van der Waals surface area contributed by atoms with Crippen molar-refractivity contribution in [2.45, 2.75) is 76.9 Å². The summed E-state index contributed by atoms with van der Waals surface area (Å²) in [5, 5.41) is 8.59. The molecule has 0 unspecified atom stereocenters. The van der Waals surface area contributed by atoms with E-state index in [1.165, 1.54) is 12.8 Å². The number of carbonyl (C=O) groups excluding carboxylic acids is 3. The lowest BCUT2D eigenvalue weighted by molar-refractivity contribution is -0.135. The molecule has 4 aliphatic rings. The summed E-state index contributed by atoms with van der Waals surface area (Å²) < 4.78 is 0. The number of carbonyl (C=O) groups is 3. The summed E-state index contributed by atoms with van der Waals surface area (Å²) in [5.74, 6) is 1.36. The Kier molecular flexibility index (Phi) is 10.3. The second kappa shape index (κ2) is 14.4. The molecule has 1 atom stereocenters. The summed E-state index contributed by atoms with van der Waals surface area (Å²) in [6.45, 7) is 7.42. The third-order valence-corrected chi connectivity index (χ3v) is 11.9. The molecule has 0 aliphatic carbocycles. The maximum absolute atomic E-state index is 14.1. The highest BCUT2D eigenvalue weighted by atomic mass is 35.5. The van der Waals surface area contributed by atoms with Gasteiger partial charge in [0.15, 0.2) is 0 Å². The Hall–Kier alpha value is -3.02. The number of aryl methyl sites for hydroxylation is 1. The van der Waals surface area contributed by atoms with Gasteiger partial charge in [0.25, 0.3) is 0 Å². The standard InChI is InChI=1S/C34H48ClN7O3S/c1-3-23-18-22(19-27(35)31(23)36)20-29(32(43)40-13-6-25(7-14-40)24-4-11-39(2)12-5-24)38-33(44)41-15-8-26(9-16-41)42-21-30-28(10-17-46-30)37-34(42)45/h10,17-19,24-26,29H,3-9,11-16,20-21,36H2,1-2H3,(H,37,45)(H,38,44)/t29-/m1/s1. The number of amides is 5. The van der Waals surface area contributed by atoms with Crippen molar-refractivity contribution >= 4 is 52.3 Å². The van der Waals surface area contributed by atoms with Crippen LogP contribution in [-0.2, 0) is 24.2 Å². The average Bonchev–Trinajstić information content (AvgIpc) is 3.53. The number of rotatable bonds is 7. The Morgan fingerprint density at radius 3 is 2.35 bits per heavy atom. The highest BCUT2D eigenvalue weighted by Gasteiger charge is 2.36. The second-order valence-electron chi connectivity index (χ2n) is 13.5. The fourth-order valence-electron chi connectivity index (χ4n) is 7.80. The number of urea groups is 2. The molecule has 250 valence electrons. The number of hydrogen-bond donors (Lipinski definition) is 3. The van der Waals surface area contributed by atoms with Crippen LogP contribution >= 0.6 is 22.9 Å². The van der Waals surface area contributed by atoms with Crippen molar-refractivity contribution < 1.29 is 14.4 Å². The number of nitrogen functional groups attached to an aromatic ring is 1.